The van der Waals surface area contributed by atoms with Crippen LogP contribution >= 0.6 is 0 Å². The number of nitrogens with one attached hydrogen (secondary N) is 1. The van der Waals surface area contributed by atoms with Gasteiger partial charge in [0, 0.05) is 17.7 Å². The maximum Gasteiger partial charge on any atom is 0.164 e. The molecule has 2 rings (SSSR count). The van der Waals surface area contributed by atoms with Crippen LogP contribution in [0, 0.1) is 5.92 Å². The molecule has 1 aliphatic carbocycles. The van der Waals surface area contributed by atoms with Gasteiger partial charge in [-0.15, -0.1) is 0 Å². The monoisotopic (exact) mass is 293 g/mol. The molecular formula is C17H27NO3. The predicted molar refractivity (Wildman–Crippen MR) is 84.5 cm³/mol. The SMILES string of the molecule is CCCNC(c1cc(OC)c(OC)cc1OC)C1CCC1. The summed E-state index contributed by atoms with van der Waals surface area (Å²) in [6.07, 6.45) is 5.00. The smallest absolute Gasteiger partial charge is 0.164 e. The number of hydrogen-bond donors (Lipinski definition) is 1. The van der Waals surface area contributed by atoms with Gasteiger partial charge in [-0.2, -0.15) is 0 Å². The van der Waals surface area contributed by atoms with Gasteiger partial charge < -0.3 is 19.5 Å². The third-order valence-electron chi connectivity index (χ3n) is 4.31. The minimum absolute atomic E-state index is 0.327. The normalized spacial score (nSPS) is 16.2. The topological polar surface area (TPSA) is 39.7 Å². The Morgan fingerprint density at radius 1 is 1.05 bits per heavy atom. The number of ether oxygens (including phenoxy) is 3. The fourth-order valence-electron chi connectivity index (χ4n) is 2.90. The molecule has 1 aromatic rings. The van der Waals surface area contributed by atoms with Crippen molar-refractivity contribution in [2.24, 2.45) is 5.92 Å². The van der Waals surface area contributed by atoms with E-state index in [1.807, 2.05) is 6.07 Å². The van der Waals surface area contributed by atoms with Gasteiger partial charge in [-0.25, -0.2) is 0 Å². The molecule has 0 radical (unpaired) electrons. The van der Waals surface area contributed by atoms with Crippen molar-refractivity contribution < 1.29 is 14.2 Å². The van der Waals surface area contributed by atoms with Crippen LogP contribution in [0.1, 0.15) is 44.2 Å². The first-order valence-electron chi connectivity index (χ1n) is 7.78. The van der Waals surface area contributed by atoms with E-state index in [4.69, 9.17) is 14.2 Å². The van der Waals surface area contributed by atoms with Crippen molar-refractivity contribution in [1.29, 1.82) is 0 Å². The van der Waals surface area contributed by atoms with Gasteiger partial charge in [0.05, 0.1) is 21.3 Å². The lowest BCUT2D eigenvalue weighted by atomic mass is 9.77. The largest absolute Gasteiger partial charge is 0.496 e. The molecule has 21 heavy (non-hydrogen) atoms. The molecule has 4 nitrogen and oxygen atoms in total. The summed E-state index contributed by atoms with van der Waals surface area (Å²) in [4.78, 5) is 0. The van der Waals surface area contributed by atoms with E-state index < -0.39 is 0 Å². The summed E-state index contributed by atoms with van der Waals surface area (Å²) >= 11 is 0. The minimum Gasteiger partial charge on any atom is -0.496 e. The van der Waals surface area contributed by atoms with Gasteiger partial charge in [0.15, 0.2) is 11.5 Å². The van der Waals surface area contributed by atoms with Gasteiger partial charge in [-0.3, -0.25) is 0 Å². The molecule has 0 amide bonds. The van der Waals surface area contributed by atoms with E-state index in [1.54, 1.807) is 21.3 Å². The van der Waals surface area contributed by atoms with Crippen LogP contribution in [0.25, 0.3) is 0 Å². The lowest BCUT2D eigenvalue weighted by Crippen LogP contribution is -2.33. The van der Waals surface area contributed by atoms with Crippen molar-refractivity contribution >= 4 is 0 Å². The highest BCUT2D eigenvalue weighted by Crippen LogP contribution is 2.44. The standard InChI is InChI=1S/C17H27NO3/c1-5-9-18-17(12-7-6-8-12)13-10-15(20-3)16(21-4)11-14(13)19-2/h10-12,17-18H,5-9H2,1-4H3. The number of rotatable bonds is 8. The first-order chi connectivity index (χ1) is 10.2. The van der Waals surface area contributed by atoms with Crippen molar-refractivity contribution in [2.45, 2.75) is 38.6 Å². The molecule has 0 aliphatic heterocycles. The molecule has 0 aromatic heterocycles. The summed E-state index contributed by atoms with van der Waals surface area (Å²) < 4.78 is 16.4. The average Bonchev–Trinajstić information content (AvgIpc) is 2.47. The summed E-state index contributed by atoms with van der Waals surface area (Å²) in [5.41, 5.74) is 1.17. The molecule has 1 saturated carbocycles. The molecule has 4 heteroatoms. The average molecular weight is 293 g/mol. The first-order valence-corrected chi connectivity index (χ1v) is 7.78. The van der Waals surface area contributed by atoms with Crippen LogP contribution in [0.5, 0.6) is 17.2 Å². The first kappa shape index (κ1) is 16.0. The Hall–Kier alpha value is -1.42. The lowest BCUT2D eigenvalue weighted by molar-refractivity contribution is 0.226. The van der Waals surface area contributed by atoms with Crippen molar-refractivity contribution in [3.63, 3.8) is 0 Å². The predicted octanol–water partition coefficient (Wildman–Crippen LogP) is 3.55. The molecule has 1 aromatic carbocycles. The van der Waals surface area contributed by atoms with Crippen molar-refractivity contribution in [3.8, 4) is 17.2 Å². The third-order valence-corrected chi connectivity index (χ3v) is 4.31. The maximum atomic E-state index is 5.59. The van der Waals surface area contributed by atoms with Crippen LogP contribution in [-0.4, -0.2) is 27.9 Å². The zero-order valence-electron chi connectivity index (χ0n) is 13.6. The minimum atomic E-state index is 0.327. The molecular weight excluding hydrogens is 266 g/mol. The van der Waals surface area contributed by atoms with Crippen molar-refractivity contribution in [2.75, 3.05) is 27.9 Å². The number of hydrogen-bond acceptors (Lipinski definition) is 4. The Bertz CT molecular complexity index is 458. The number of methoxy groups -OCH3 is 3. The highest BCUT2D eigenvalue weighted by atomic mass is 16.5. The summed E-state index contributed by atoms with van der Waals surface area (Å²) in [5, 5.41) is 3.67. The van der Waals surface area contributed by atoms with Crippen molar-refractivity contribution in [1.82, 2.24) is 5.32 Å². The molecule has 0 bridgehead atoms. The fourth-order valence-corrected chi connectivity index (χ4v) is 2.90. The zero-order chi connectivity index (χ0) is 15.2. The summed E-state index contributed by atoms with van der Waals surface area (Å²) in [5.74, 6) is 3.02. The van der Waals surface area contributed by atoms with Gasteiger partial charge in [0.2, 0.25) is 0 Å². The van der Waals surface area contributed by atoms with E-state index in [2.05, 4.69) is 18.3 Å². The fraction of sp³-hybridized carbons (Fsp3) is 0.647. The zero-order valence-corrected chi connectivity index (χ0v) is 13.6. The van der Waals surface area contributed by atoms with E-state index >= 15 is 0 Å². The van der Waals surface area contributed by atoms with Gasteiger partial charge >= 0.3 is 0 Å². The Kier molecular flexibility index (Phi) is 5.74. The van der Waals surface area contributed by atoms with Crippen LogP contribution < -0.4 is 19.5 Å². The molecule has 1 aliphatic rings. The van der Waals surface area contributed by atoms with Crippen LogP contribution in [0.15, 0.2) is 12.1 Å². The van der Waals surface area contributed by atoms with Crippen LogP contribution in [-0.2, 0) is 0 Å². The van der Waals surface area contributed by atoms with E-state index in [0.29, 0.717) is 17.7 Å². The van der Waals surface area contributed by atoms with Crippen LogP contribution in [0.2, 0.25) is 0 Å². The Balaban J connectivity index is 2.36. The van der Waals surface area contributed by atoms with E-state index in [9.17, 15) is 0 Å². The Labute approximate surface area is 127 Å². The Morgan fingerprint density at radius 2 is 1.67 bits per heavy atom. The summed E-state index contributed by atoms with van der Waals surface area (Å²) in [6.45, 7) is 3.20. The van der Waals surface area contributed by atoms with Gasteiger partial charge in [0.25, 0.3) is 0 Å². The molecule has 0 heterocycles. The van der Waals surface area contributed by atoms with Gasteiger partial charge in [-0.1, -0.05) is 13.3 Å². The summed E-state index contributed by atoms with van der Waals surface area (Å²) in [6, 6.07) is 4.31. The molecule has 1 N–H and O–H groups in total. The highest BCUT2D eigenvalue weighted by Gasteiger charge is 2.31. The molecule has 0 saturated heterocycles. The molecule has 0 spiro atoms. The quantitative estimate of drug-likeness (QED) is 0.795. The molecule has 1 atom stereocenters. The highest BCUT2D eigenvalue weighted by molar-refractivity contribution is 5.52. The molecule has 1 unspecified atom stereocenters. The van der Waals surface area contributed by atoms with Crippen LogP contribution in [0.3, 0.4) is 0 Å². The third kappa shape index (κ3) is 3.43. The lowest BCUT2D eigenvalue weighted by Gasteiger charge is -2.35. The van der Waals surface area contributed by atoms with Gasteiger partial charge in [-0.05, 0) is 37.8 Å². The second kappa shape index (κ2) is 7.55. The van der Waals surface area contributed by atoms with Crippen molar-refractivity contribution in [3.05, 3.63) is 17.7 Å². The molecule has 1 fully saturated rings. The second-order valence-corrected chi connectivity index (χ2v) is 5.57. The number of benzene rings is 1. The van der Waals surface area contributed by atoms with E-state index in [1.165, 1.54) is 24.8 Å². The molecule has 118 valence electrons. The van der Waals surface area contributed by atoms with Gasteiger partial charge in [0.1, 0.15) is 5.75 Å². The Morgan fingerprint density at radius 3 is 2.14 bits per heavy atom. The maximum absolute atomic E-state index is 5.59. The van der Waals surface area contributed by atoms with E-state index in [0.717, 1.165) is 24.5 Å². The van der Waals surface area contributed by atoms with Crippen LogP contribution in [0.4, 0.5) is 0 Å². The van der Waals surface area contributed by atoms with E-state index in [-0.39, 0.29) is 0 Å². The summed E-state index contributed by atoms with van der Waals surface area (Å²) in [7, 11) is 5.03. The second-order valence-electron chi connectivity index (χ2n) is 5.57.